The highest BCUT2D eigenvalue weighted by atomic mass is 16.2. The Kier molecular flexibility index (Phi) is 5.77. The Morgan fingerprint density at radius 1 is 0.962 bits per heavy atom. The van der Waals surface area contributed by atoms with Gasteiger partial charge in [-0.05, 0) is 29.8 Å². The Labute approximate surface area is 152 Å². The molecule has 6 heteroatoms. The van der Waals surface area contributed by atoms with Crippen molar-refractivity contribution in [2.75, 3.05) is 10.6 Å². The maximum absolute atomic E-state index is 12.5. The lowest BCUT2D eigenvalue weighted by Gasteiger charge is -2.18. The number of primary amides is 1. The summed E-state index contributed by atoms with van der Waals surface area (Å²) in [5.74, 6) is -0.950. The number of carbonyl (C=O) groups excluding carboxylic acids is 3. The standard InChI is InChI=1S/C20H23N3O3/c1-20(2,3)19(26)22-15-9-6-8-14(11-15)18(25)23-16-10-5-4-7-13(16)12-17(21)24/h4-11H,12H2,1-3H3,(H2,21,24)(H,22,26)(H,23,25). The van der Waals surface area contributed by atoms with E-state index in [-0.39, 0.29) is 18.2 Å². The van der Waals surface area contributed by atoms with Crippen LogP contribution in [0.25, 0.3) is 0 Å². The zero-order valence-corrected chi connectivity index (χ0v) is 15.1. The third-order valence-electron chi connectivity index (χ3n) is 3.69. The quantitative estimate of drug-likeness (QED) is 0.770. The number of carbonyl (C=O) groups is 3. The third kappa shape index (κ3) is 5.17. The van der Waals surface area contributed by atoms with Crippen molar-refractivity contribution in [3.63, 3.8) is 0 Å². The van der Waals surface area contributed by atoms with E-state index in [9.17, 15) is 14.4 Å². The minimum absolute atomic E-state index is 0.0398. The summed E-state index contributed by atoms with van der Waals surface area (Å²) in [6.45, 7) is 5.44. The van der Waals surface area contributed by atoms with Crippen molar-refractivity contribution in [2.45, 2.75) is 27.2 Å². The van der Waals surface area contributed by atoms with Gasteiger partial charge in [0, 0.05) is 22.4 Å². The van der Waals surface area contributed by atoms with E-state index in [4.69, 9.17) is 5.73 Å². The normalized spacial score (nSPS) is 10.9. The first-order chi connectivity index (χ1) is 12.2. The first-order valence-corrected chi connectivity index (χ1v) is 8.26. The minimum atomic E-state index is -0.536. The van der Waals surface area contributed by atoms with Crippen molar-refractivity contribution in [1.29, 1.82) is 0 Å². The average Bonchev–Trinajstić information content (AvgIpc) is 2.55. The SMILES string of the molecule is CC(C)(C)C(=O)Nc1cccc(C(=O)Nc2ccccc2CC(N)=O)c1. The lowest BCUT2D eigenvalue weighted by atomic mass is 9.95. The van der Waals surface area contributed by atoms with Crippen molar-refractivity contribution in [3.8, 4) is 0 Å². The van der Waals surface area contributed by atoms with E-state index >= 15 is 0 Å². The van der Waals surface area contributed by atoms with Gasteiger partial charge in [-0.2, -0.15) is 0 Å². The number of nitrogens with two attached hydrogens (primary N) is 1. The number of benzene rings is 2. The van der Waals surface area contributed by atoms with E-state index in [2.05, 4.69) is 10.6 Å². The topological polar surface area (TPSA) is 101 Å². The van der Waals surface area contributed by atoms with Gasteiger partial charge >= 0.3 is 0 Å². The van der Waals surface area contributed by atoms with Gasteiger partial charge in [-0.3, -0.25) is 14.4 Å². The van der Waals surface area contributed by atoms with Gasteiger partial charge < -0.3 is 16.4 Å². The van der Waals surface area contributed by atoms with Gasteiger partial charge in [-0.25, -0.2) is 0 Å². The summed E-state index contributed by atoms with van der Waals surface area (Å²) >= 11 is 0. The Balaban J connectivity index is 2.17. The number of anilines is 2. The molecule has 0 saturated heterocycles. The van der Waals surface area contributed by atoms with E-state index in [1.54, 1.807) is 48.5 Å². The fraction of sp³-hybridized carbons (Fsp3) is 0.250. The van der Waals surface area contributed by atoms with Gasteiger partial charge in [0.1, 0.15) is 0 Å². The van der Waals surface area contributed by atoms with Crippen LogP contribution in [0.5, 0.6) is 0 Å². The first kappa shape index (κ1) is 19.2. The average molecular weight is 353 g/mol. The zero-order valence-electron chi connectivity index (χ0n) is 15.1. The second kappa shape index (κ2) is 7.82. The van der Waals surface area contributed by atoms with Crippen LogP contribution < -0.4 is 16.4 Å². The highest BCUT2D eigenvalue weighted by Gasteiger charge is 2.21. The molecule has 0 radical (unpaired) electrons. The molecule has 0 unspecified atom stereocenters. The Hall–Kier alpha value is -3.15. The summed E-state index contributed by atoms with van der Waals surface area (Å²) in [6.07, 6.45) is 0.0398. The summed E-state index contributed by atoms with van der Waals surface area (Å²) in [7, 11) is 0. The van der Waals surface area contributed by atoms with E-state index in [0.717, 1.165) is 0 Å². The van der Waals surface area contributed by atoms with Gasteiger partial charge in [-0.1, -0.05) is 45.0 Å². The lowest BCUT2D eigenvalue weighted by molar-refractivity contribution is -0.123. The molecule has 0 bridgehead atoms. The van der Waals surface area contributed by atoms with Crippen LogP contribution in [-0.4, -0.2) is 17.7 Å². The minimum Gasteiger partial charge on any atom is -0.369 e. The molecule has 26 heavy (non-hydrogen) atoms. The van der Waals surface area contributed by atoms with Crippen molar-refractivity contribution in [2.24, 2.45) is 11.1 Å². The van der Waals surface area contributed by atoms with E-state index in [1.165, 1.54) is 0 Å². The van der Waals surface area contributed by atoms with Crippen molar-refractivity contribution in [3.05, 3.63) is 59.7 Å². The fourth-order valence-corrected chi connectivity index (χ4v) is 2.24. The predicted molar refractivity (Wildman–Crippen MR) is 102 cm³/mol. The van der Waals surface area contributed by atoms with Crippen LogP contribution in [0.1, 0.15) is 36.7 Å². The molecule has 0 aromatic heterocycles. The van der Waals surface area contributed by atoms with Crippen molar-refractivity contribution < 1.29 is 14.4 Å². The van der Waals surface area contributed by atoms with Gasteiger partial charge in [0.05, 0.1) is 6.42 Å². The summed E-state index contributed by atoms with van der Waals surface area (Å²) in [5, 5.41) is 5.58. The molecule has 0 aliphatic rings. The molecule has 2 rings (SSSR count). The molecule has 136 valence electrons. The second-order valence-corrected chi connectivity index (χ2v) is 7.04. The molecule has 0 aliphatic heterocycles. The number of rotatable bonds is 5. The van der Waals surface area contributed by atoms with E-state index < -0.39 is 11.3 Å². The Bertz CT molecular complexity index is 838. The molecule has 0 fully saturated rings. The summed E-state index contributed by atoms with van der Waals surface area (Å²) < 4.78 is 0. The van der Waals surface area contributed by atoms with Gasteiger partial charge in [0.25, 0.3) is 5.91 Å². The van der Waals surface area contributed by atoms with Crippen LogP contribution >= 0.6 is 0 Å². The molecular formula is C20H23N3O3. The summed E-state index contributed by atoms with van der Waals surface area (Å²) in [4.78, 5) is 35.8. The van der Waals surface area contributed by atoms with Crippen LogP contribution in [0.15, 0.2) is 48.5 Å². The predicted octanol–water partition coefficient (Wildman–Crippen LogP) is 2.95. The van der Waals surface area contributed by atoms with Crippen LogP contribution in [-0.2, 0) is 16.0 Å². The molecule has 2 aromatic carbocycles. The third-order valence-corrected chi connectivity index (χ3v) is 3.69. The zero-order chi connectivity index (χ0) is 19.3. The number of amides is 3. The van der Waals surface area contributed by atoms with Crippen LogP contribution in [0.2, 0.25) is 0 Å². The largest absolute Gasteiger partial charge is 0.369 e. The highest BCUT2D eigenvalue weighted by molar-refractivity contribution is 6.06. The Morgan fingerprint density at radius 3 is 2.31 bits per heavy atom. The smallest absolute Gasteiger partial charge is 0.255 e. The highest BCUT2D eigenvalue weighted by Crippen LogP contribution is 2.20. The Morgan fingerprint density at radius 2 is 1.65 bits per heavy atom. The van der Waals surface area contributed by atoms with Gasteiger partial charge in [-0.15, -0.1) is 0 Å². The molecule has 0 saturated carbocycles. The molecule has 4 N–H and O–H groups in total. The molecule has 0 heterocycles. The van der Waals surface area contributed by atoms with Crippen LogP contribution in [0.4, 0.5) is 11.4 Å². The maximum Gasteiger partial charge on any atom is 0.255 e. The second-order valence-electron chi connectivity index (χ2n) is 7.04. The lowest BCUT2D eigenvalue weighted by Crippen LogP contribution is -2.27. The fourth-order valence-electron chi connectivity index (χ4n) is 2.24. The van der Waals surface area contributed by atoms with Crippen molar-refractivity contribution >= 4 is 29.1 Å². The number of para-hydroxylation sites is 1. The van der Waals surface area contributed by atoms with Crippen LogP contribution in [0, 0.1) is 5.41 Å². The molecule has 2 aromatic rings. The van der Waals surface area contributed by atoms with E-state index in [0.29, 0.717) is 22.5 Å². The molecule has 0 aliphatic carbocycles. The molecule has 6 nitrogen and oxygen atoms in total. The van der Waals surface area contributed by atoms with Crippen molar-refractivity contribution in [1.82, 2.24) is 0 Å². The maximum atomic E-state index is 12.5. The van der Waals surface area contributed by atoms with Gasteiger partial charge in [0.2, 0.25) is 11.8 Å². The summed E-state index contributed by atoms with van der Waals surface area (Å²) in [5.41, 5.74) is 6.82. The summed E-state index contributed by atoms with van der Waals surface area (Å²) in [6, 6.07) is 13.7. The first-order valence-electron chi connectivity index (χ1n) is 8.26. The van der Waals surface area contributed by atoms with E-state index in [1.807, 2.05) is 20.8 Å². The number of hydrogen-bond acceptors (Lipinski definition) is 3. The molecule has 3 amide bonds. The molecular weight excluding hydrogens is 330 g/mol. The number of hydrogen-bond donors (Lipinski definition) is 3. The molecule has 0 spiro atoms. The monoisotopic (exact) mass is 353 g/mol. The molecule has 0 atom stereocenters. The number of nitrogens with one attached hydrogen (secondary N) is 2. The van der Waals surface area contributed by atoms with Crippen LogP contribution in [0.3, 0.4) is 0 Å². The van der Waals surface area contributed by atoms with Gasteiger partial charge in [0.15, 0.2) is 0 Å².